The first-order chi connectivity index (χ1) is 12.0. The lowest BCUT2D eigenvalue weighted by Gasteiger charge is -2.31. The highest BCUT2D eigenvalue weighted by atomic mass is 16.6. The topological polar surface area (TPSA) is 84.7 Å². The van der Waals surface area contributed by atoms with E-state index in [1.807, 2.05) is 0 Å². The summed E-state index contributed by atoms with van der Waals surface area (Å²) in [6.07, 6.45) is 7.31. The normalized spacial score (nSPS) is 15.2. The molecule has 1 N–H and O–H groups in total. The lowest BCUT2D eigenvalue weighted by Crippen LogP contribution is -2.35. The number of nitrogens with one attached hydrogen (secondary N) is 1. The molecule has 138 valence electrons. The number of carbonyl (C=O) groups is 1. The van der Waals surface area contributed by atoms with Crippen LogP contribution in [0.15, 0.2) is 18.2 Å². The molecule has 0 aromatic heterocycles. The second-order valence-electron chi connectivity index (χ2n) is 6.52. The maximum absolute atomic E-state index is 12.3. The number of rotatable bonds is 8. The van der Waals surface area contributed by atoms with Crippen molar-refractivity contribution in [1.82, 2.24) is 10.2 Å². The molecule has 1 amide bonds. The van der Waals surface area contributed by atoms with Gasteiger partial charge in [0.25, 0.3) is 11.6 Å². The molecular formula is C18H27N3O4. The molecule has 1 fully saturated rings. The number of nitrogens with zero attached hydrogens (tertiary/aromatic N) is 2. The summed E-state index contributed by atoms with van der Waals surface area (Å²) in [6, 6.07) is 4.68. The largest absolute Gasteiger partial charge is 0.496 e. The highest BCUT2D eigenvalue weighted by molar-refractivity contribution is 5.97. The molecule has 0 heterocycles. The third kappa shape index (κ3) is 5.42. The summed E-state index contributed by atoms with van der Waals surface area (Å²) < 4.78 is 5.13. The lowest BCUT2D eigenvalue weighted by molar-refractivity contribution is -0.384. The van der Waals surface area contributed by atoms with E-state index in [-0.39, 0.29) is 17.2 Å². The molecule has 7 heteroatoms. The van der Waals surface area contributed by atoms with E-state index >= 15 is 0 Å². The summed E-state index contributed by atoms with van der Waals surface area (Å²) in [6.45, 7) is 1.46. The minimum atomic E-state index is -0.518. The van der Waals surface area contributed by atoms with Gasteiger partial charge in [0, 0.05) is 24.7 Å². The van der Waals surface area contributed by atoms with Crippen molar-refractivity contribution >= 4 is 11.6 Å². The molecular weight excluding hydrogens is 322 g/mol. The van der Waals surface area contributed by atoms with Crippen LogP contribution in [0.25, 0.3) is 0 Å². The van der Waals surface area contributed by atoms with Gasteiger partial charge in [0.15, 0.2) is 0 Å². The molecule has 0 unspecified atom stereocenters. The van der Waals surface area contributed by atoms with Gasteiger partial charge in [0.05, 0.1) is 17.6 Å². The van der Waals surface area contributed by atoms with E-state index in [0.717, 1.165) is 13.0 Å². The Bertz CT molecular complexity index is 600. The Hall–Kier alpha value is -2.15. The third-order valence-electron chi connectivity index (χ3n) is 4.81. The van der Waals surface area contributed by atoms with Crippen molar-refractivity contribution < 1.29 is 14.5 Å². The average Bonchev–Trinajstić information content (AvgIpc) is 2.64. The van der Waals surface area contributed by atoms with E-state index in [2.05, 4.69) is 17.3 Å². The minimum Gasteiger partial charge on any atom is -0.496 e. The minimum absolute atomic E-state index is 0.122. The van der Waals surface area contributed by atoms with E-state index < -0.39 is 4.92 Å². The maximum Gasteiger partial charge on any atom is 0.270 e. The number of non-ortho nitro benzene ring substituents is 1. The Labute approximate surface area is 148 Å². The molecule has 7 nitrogen and oxygen atoms in total. The van der Waals surface area contributed by atoms with Crippen LogP contribution in [0.3, 0.4) is 0 Å². The Morgan fingerprint density at radius 1 is 1.36 bits per heavy atom. The lowest BCUT2D eigenvalue weighted by atomic mass is 9.94. The summed E-state index contributed by atoms with van der Waals surface area (Å²) >= 11 is 0. The average molecular weight is 349 g/mol. The Kier molecular flexibility index (Phi) is 7.18. The molecule has 1 aromatic carbocycles. The number of benzene rings is 1. The van der Waals surface area contributed by atoms with Gasteiger partial charge in [-0.05, 0) is 38.9 Å². The summed E-state index contributed by atoms with van der Waals surface area (Å²) in [5.41, 5.74) is 0.0697. The first-order valence-corrected chi connectivity index (χ1v) is 8.83. The molecule has 0 atom stereocenters. The number of hydrogen-bond donors (Lipinski definition) is 1. The number of nitro groups is 1. The number of carbonyl (C=O) groups excluding carboxylic acids is 1. The SMILES string of the molecule is COc1ccc([N+](=O)[O-])cc1C(=O)NCCCN(C)C1CCCCC1. The van der Waals surface area contributed by atoms with Crippen LogP contribution >= 0.6 is 0 Å². The van der Waals surface area contributed by atoms with Gasteiger partial charge in [0.1, 0.15) is 5.75 Å². The molecule has 1 aromatic rings. The van der Waals surface area contributed by atoms with Gasteiger partial charge in [-0.3, -0.25) is 14.9 Å². The quantitative estimate of drug-likeness (QED) is 0.443. The fourth-order valence-corrected chi connectivity index (χ4v) is 3.32. The van der Waals surface area contributed by atoms with Crippen LogP contribution in [0.2, 0.25) is 0 Å². The molecule has 0 saturated heterocycles. The zero-order valence-electron chi connectivity index (χ0n) is 15.0. The molecule has 0 bridgehead atoms. The van der Waals surface area contributed by atoms with Crippen molar-refractivity contribution in [2.75, 3.05) is 27.2 Å². The zero-order valence-corrected chi connectivity index (χ0v) is 15.0. The first kappa shape index (κ1) is 19.2. The summed E-state index contributed by atoms with van der Waals surface area (Å²) in [5.74, 6) is -0.0108. The van der Waals surface area contributed by atoms with Crippen molar-refractivity contribution in [1.29, 1.82) is 0 Å². The van der Waals surface area contributed by atoms with Crippen LogP contribution in [0.5, 0.6) is 5.75 Å². The van der Waals surface area contributed by atoms with E-state index in [9.17, 15) is 14.9 Å². The zero-order chi connectivity index (χ0) is 18.2. The van der Waals surface area contributed by atoms with Crippen LogP contribution in [-0.4, -0.2) is 49.0 Å². The molecule has 25 heavy (non-hydrogen) atoms. The summed E-state index contributed by atoms with van der Waals surface area (Å²) in [5, 5.41) is 13.7. The van der Waals surface area contributed by atoms with E-state index in [0.29, 0.717) is 18.3 Å². The van der Waals surface area contributed by atoms with Crippen LogP contribution in [0, 0.1) is 10.1 Å². The van der Waals surface area contributed by atoms with Crippen LogP contribution in [-0.2, 0) is 0 Å². The van der Waals surface area contributed by atoms with Gasteiger partial charge in [-0.15, -0.1) is 0 Å². The molecule has 1 aliphatic carbocycles. The highest BCUT2D eigenvalue weighted by Gasteiger charge is 2.19. The third-order valence-corrected chi connectivity index (χ3v) is 4.81. The molecule has 0 spiro atoms. The molecule has 1 saturated carbocycles. The number of methoxy groups -OCH3 is 1. The Balaban J connectivity index is 1.83. The van der Waals surface area contributed by atoms with Crippen LogP contribution in [0.4, 0.5) is 5.69 Å². The number of amides is 1. The van der Waals surface area contributed by atoms with E-state index in [4.69, 9.17) is 4.74 Å². The first-order valence-electron chi connectivity index (χ1n) is 8.83. The Morgan fingerprint density at radius 2 is 2.08 bits per heavy atom. The van der Waals surface area contributed by atoms with Crippen molar-refractivity contribution in [3.8, 4) is 5.75 Å². The predicted octanol–water partition coefficient (Wildman–Crippen LogP) is 2.99. The number of ether oxygens (including phenoxy) is 1. The fourth-order valence-electron chi connectivity index (χ4n) is 3.32. The number of nitro benzene ring substituents is 1. The molecule has 0 radical (unpaired) electrons. The van der Waals surface area contributed by atoms with Gasteiger partial charge in [-0.1, -0.05) is 19.3 Å². The van der Waals surface area contributed by atoms with Gasteiger partial charge in [0.2, 0.25) is 0 Å². The standard InChI is InChI=1S/C18H27N3O4/c1-20(14-7-4-3-5-8-14)12-6-11-19-18(22)16-13-15(21(23)24)9-10-17(16)25-2/h9-10,13-14H,3-8,11-12H2,1-2H3,(H,19,22). The van der Waals surface area contributed by atoms with Crippen LogP contribution < -0.4 is 10.1 Å². The molecule has 2 rings (SSSR count). The van der Waals surface area contributed by atoms with Gasteiger partial charge in [-0.25, -0.2) is 0 Å². The van der Waals surface area contributed by atoms with Crippen molar-refractivity contribution in [3.63, 3.8) is 0 Å². The Morgan fingerprint density at radius 3 is 2.72 bits per heavy atom. The van der Waals surface area contributed by atoms with Crippen molar-refractivity contribution in [3.05, 3.63) is 33.9 Å². The molecule has 0 aliphatic heterocycles. The van der Waals surface area contributed by atoms with Crippen molar-refractivity contribution in [2.24, 2.45) is 0 Å². The van der Waals surface area contributed by atoms with Crippen molar-refractivity contribution in [2.45, 2.75) is 44.6 Å². The smallest absolute Gasteiger partial charge is 0.270 e. The summed E-state index contributed by atoms with van der Waals surface area (Å²) in [4.78, 5) is 25.1. The fraction of sp³-hybridized carbons (Fsp3) is 0.611. The van der Waals surface area contributed by atoms with Crippen LogP contribution in [0.1, 0.15) is 48.9 Å². The number of hydrogen-bond acceptors (Lipinski definition) is 5. The van der Waals surface area contributed by atoms with Gasteiger partial charge in [-0.2, -0.15) is 0 Å². The van der Waals surface area contributed by atoms with Gasteiger partial charge >= 0.3 is 0 Å². The highest BCUT2D eigenvalue weighted by Crippen LogP contribution is 2.24. The second kappa shape index (κ2) is 9.36. The van der Waals surface area contributed by atoms with Gasteiger partial charge < -0.3 is 15.0 Å². The monoisotopic (exact) mass is 349 g/mol. The maximum atomic E-state index is 12.3. The van der Waals surface area contributed by atoms with E-state index in [1.165, 1.54) is 57.4 Å². The summed E-state index contributed by atoms with van der Waals surface area (Å²) in [7, 11) is 3.58. The van der Waals surface area contributed by atoms with E-state index in [1.54, 1.807) is 0 Å². The molecule has 1 aliphatic rings. The predicted molar refractivity (Wildman–Crippen MR) is 96.1 cm³/mol. The second-order valence-corrected chi connectivity index (χ2v) is 6.52.